The first kappa shape index (κ1) is 36.4. The molecule has 0 bridgehead atoms. The predicted molar refractivity (Wildman–Crippen MR) is 274 cm³/mol. The number of hydrogen-bond donors (Lipinski definition) is 0. The lowest BCUT2D eigenvalue weighted by Gasteiger charge is -2.21. The van der Waals surface area contributed by atoms with Crippen LogP contribution in [0.2, 0.25) is 0 Å². The highest BCUT2D eigenvalue weighted by Gasteiger charge is 2.26. The molecule has 0 amide bonds. The summed E-state index contributed by atoms with van der Waals surface area (Å²) in [5, 5.41) is 7.77. The zero-order valence-electron chi connectivity index (χ0n) is 36.1. The number of allylic oxidation sites excluding steroid dienone is 2. The fourth-order valence-electron chi connectivity index (χ4n) is 11.5. The summed E-state index contributed by atoms with van der Waals surface area (Å²) in [6.45, 7) is 2.33. The fourth-order valence-corrected chi connectivity index (χ4v) is 11.5. The van der Waals surface area contributed by atoms with Gasteiger partial charge in [-0.15, -0.1) is 0 Å². The molecule has 12 aromatic rings. The van der Waals surface area contributed by atoms with Crippen molar-refractivity contribution in [3.8, 4) is 28.2 Å². The van der Waals surface area contributed by atoms with Gasteiger partial charge < -0.3 is 18.3 Å². The number of aromatic nitrogens is 4. The standard InChI is InChI=1S/C61H44N4/c1-39-22-35-59-53(36-39)50-16-6-11-21-58(50)65(59)45-32-34-52-49-15-5-8-18-55(49)63(61(52)38-45)43-29-25-41(26-30-43)40-23-27-42(28-24-40)62-54-17-7-4-14-48(54)51-33-31-44(37-60(51)62)64-56-19-9-2-12-46(56)47-13-3-10-20-57(47)64/h2-31,33,35,37-39H,32,34,36H2,1H3. The molecule has 308 valence electrons. The topological polar surface area (TPSA) is 19.7 Å². The average molecular weight is 833 g/mol. The maximum Gasteiger partial charge on any atom is 0.0561 e. The van der Waals surface area contributed by atoms with Crippen molar-refractivity contribution >= 4 is 83.3 Å². The molecule has 0 saturated carbocycles. The second-order valence-electron chi connectivity index (χ2n) is 18.1. The molecule has 0 spiro atoms. The van der Waals surface area contributed by atoms with E-state index in [1.54, 1.807) is 0 Å². The summed E-state index contributed by atoms with van der Waals surface area (Å²) < 4.78 is 9.88. The molecule has 4 nitrogen and oxygen atoms in total. The van der Waals surface area contributed by atoms with E-state index in [4.69, 9.17) is 0 Å². The van der Waals surface area contributed by atoms with Gasteiger partial charge in [-0.1, -0.05) is 134 Å². The molecular weight excluding hydrogens is 789 g/mol. The Morgan fingerprint density at radius 2 is 0.815 bits per heavy atom. The minimum atomic E-state index is 0.546. The molecular formula is C61H44N4. The van der Waals surface area contributed by atoms with Crippen molar-refractivity contribution in [2.75, 3.05) is 0 Å². The molecule has 2 aliphatic carbocycles. The van der Waals surface area contributed by atoms with E-state index in [1.165, 1.54) is 110 Å². The summed E-state index contributed by atoms with van der Waals surface area (Å²) >= 11 is 0. The van der Waals surface area contributed by atoms with Gasteiger partial charge >= 0.3 is 0 Å². The first-order valence-electron chi connectivity index (χ1n) is 23.0. The van der Waals surface area contributed by atoms with Crippen LogP contribution in [-0.2, 0) is 12.8 Å². The van der Waals surface area contributed by atoms with Crippen LogP contribution >= 0.6 is 0 Å². The van der Waals surface area contributed by atoms with E-state index in [1.807, 2.05) is 0 Å². The molecule has 4 heteroatoms. The molecule has 8 aromatic carbocycles. The van der Waals surface area contributed by atoms with Gasteiger partial charge in [0, 0.05) is 60.8 Å². The average Bonchev–Trinajstić information content (AvgIpc) is 4.08. The van der Waals surface area contributed by atoms with Crippen molar-refractivity contribution in [2.24, 2.45) is 5.92 Å². The summed E-state index contributed by atoms with van der Waals surface area (Å²) in [5.41, 5.74) is 20.2. The molecule has 1 unspecified atom stereocenters. The van der Waals surface area contributed by atoms with Gasteiger partial charge in [-0.2, -0.15) is 0 Å². The first-order valence-corrected chi connectivity index (χ1v) is 23.0. The molecule has 4 heterocycles. The highest BCUT2D eigenvalue weighted by molar-refractivity contribution is 6.12. The zero-order chi connectivity index (χ0) is 42.8. The second-order valence-corrected chi connectivity index (χ2v) is 18.1. The summed E-state index contributed by atoms with van der Waals surface area (Å²) in [6.07, 6.45) is 10.3. The minimum absolute atomic E-state index is 0.546. The maximum absolute atomic E-state index is 2.55. The van der Waals surface area contributed by atoms with Crippen LogP contribution < -0.4 is 0 Å². The largest absolute Gasteiger partial charge is 0.313 e. The van der Waals surface area contributed by atoms with Gasteiger partial charge in [0.05, 0.1) is 38.8 Å². The van der Waals surface area contributed by atoms with Crippen LogP contribution in [0.1, 0.15) is 35.9 Å². The summed E-state index contributed by atoms with van der Waals surface area (Å²) in [6, 6.07) is 69.5. The highest BCUT2D eigenvalue weighted by atomic mass is 15.0. The molecule has 0 radical (unpaired) electrons. The number of benzene rings is 8. The summed E-state index contributed by atoms with van der Waals surface area (Å²) in [5.74, 6) is 0.546. The third kappa shape index (κ3) is 5.37. The van der Waals surface area contributed by atoms with Gasteiger partial charge in [-0.05, 0) is 126 Å². The van der Waals surface area contributed by atoms with Crippen molar-refractivity contribution in [3.05, 3.63) is 217 Å². The van der Waals surface area contributed by atoms with E-state index in [9.17, 15) is 0 Å². The van der Waals surface area contributed by atoms with Gasteiger partial charge in [0.1, 0.15) is 0 Å². The van der Waals surface area contributed by atoms with Crippen LogP contribution in [0, 0.1) is 5.92 Å². The second kappa shape index (κ2) is 14.0. The number of fused-ring (bicyclic) bond motifs is 12. The van der Waals surface area contributed by atoms with Crippen LogP contribution in [0.4, 0.5) is 0 Å². The summed E-state index contributed by atoms with van der Waals surface area (Å²) in [4.78, 5) is 0. The van der Waals surface area contributed by atoms with Gasteiger partial charge in [0.25, 0.3) is 0 Å². The van der Waals surface area contributed by atoms with E-state index in [0.29, 0.717) is 5.92 Å². The molecule has 0 fully saturated rings. The minimum Gasteiger partial charge on any atom is -0.313 e. The number of aryl methyl sites for hydroxylation is 1. The Morgan fingerprint density at radius 3 is 1.40 bits per heavy atom. The van der Waals surface area contributed by atoms with E-state index < -0.39 is 0 Å². The van der Waals surface area contributed by atoms with Gasteiger partial charge in [-0.3, -0.25) is 0 Å². The molecule has 14 rings (SSSR count). The molecule has 2 aliphatic rings. The van der Waals surface area contributed by atoms with Crippen LogP contribution in [0.25, 0.3) is 111 Å². The molecule has 0 saturated heterocycles. The first-order chi connectivity index (χ1) is 32.2. The maximum atomic E-state index is 2.55. The normalized spacial score (nSPS) is 14.8. The van der Waals surface area contributed by atoms with Crippen LogP contribution in [0.5, 0.6) is 0 Å². The van der Waals surface area contributed by atoms with Crippen molar-refractivity contribution in [2.45, 2.75) is 26.2 Å². The Morgan fingerprint density at radius 1 is 0.369 bits per heavy atom. The van der Waals surface area contributed by atoms with Gasteiger partial charge in [-0.25, -0.2) is 0 Å². The van der Waals surface area contributed by atoms with Crippen molar-refractivity contribution in [1.29, 1.82) is 0 Å². The number of nitrogens with zero attached hydrogens (tertiary/aromatic N) is 4. The lowest BCUT2D eigenvalue weighted by atomic mass is 9.93. The van der Waals surface area contributed by atoms with E-state index in [-0.39, 0.29) is 0 Å². The fraction of sp³-hybridized carbons (Fsp3) is 0.0820. The quantitative estimate of drug-likeness (QED) is 0.165. The van der Waals surface area contributed by atoms with Crippen molar-refractivity contribution < 1.29 is 0 Å². The van der Waals surface area contributed by atoms with Crippen molar-refractivity contribution in [3.63, 3.8) is 0 Å². The third-order valence-electron chi connectivity index (χ3n) is 14.5. The Kier molecular flexibility index (Phi) is 7.82. The SMILES string of the molecule is CC1C=Cc2c(c3ccccc3n2C2=Cc3c(c4ccccc4n3-c3ccc(-c4ccc(-n5c6ccccc6c6ccc(-n7c8ccccc8c8ccccc87)cc65)cc4)cc3)CC2)C1. The Labute approximate surface area is 376 Å². The lowest BCUT2D eigenvalue weighted by molar-refractivity contribution is 0.717. The van der Waals surface area contributed by atoms with Crippen molar-refractivity contribution in [1.82, 2.24) is 18.3 Å². The lowest BCUT2D eigenvalue weighted by Crippen LogP contribution is -2.10. The molecule has 65 heavy (non-hydrogen) atoms. The van der Waals surface area contributed by atoms with Gasteiger partial charge in [0.15, 0.2) is 0 Å². The molecule has 0 aliphatic heterocycles. The Bertz CT molecular complexity index is 3920. The number of hydrogen-bond acceptors (Lipinski definition) is 0. The van der Waals surface area contributed by atoms with E-state index >= 15 is 0 Å². The summed E-state index contributed by atoms with van der Waals surface area (Å²) in [7, 11) is 0. The van der Waals surface area contributed by atoms with Gasteiger partial charge in [0.2, 0.25) is 0 Å². The predicted octanol–water partition coefficient (Wildman–Crippen LogP) is 15.6. The molecule has 0 N–H and O–H groups in total. The smallest absolute Gasteiger partial charge is 0.0561 e. The zero-order valence-corrected chi connectivity index (χ0v) is 36.1. The number of para-hydroxylation sites is 5. The van der Waals surface area contributed by atoms with Crippen LogP contribution in [0.15, 0.2) is 194 Å². The molecule has 1 atom stereocenters. The Balaban J connectivity index is 0.847. The monoisotopic (exact) mass is 832 g/mol. The van der Waals surface area contributed by atoms with Crippen LogP contribution in [-0.4, -0.2) is 18.3 Å². The van der Waals surface area contributed by atoms with Crippen LogP contribution in [0.3, 0.4) is 0 Å². The van der Waals surface area contributed by atoms with E-state index in [2.05, 4.69) is 231 Å². The molecule has 4 aromatic heterocycles. The van der Waals surface area contributed by atoms with E-state index in [0.717, 1.165) is 30.6 Å². The Hall–Kier alpha value is -8.08. The highest BCUT2D eigenvalue weighted by Crippen LogP contribution is 2.42. The number of rotatable bonds is 5. The third-order valence-corrected chi connectivity index (χ3v) is 14.5.